The van der Waals surface area contributed by atoms with E-state index < -0.39 is 29.8 Å². The Bertz CT molecular complexity index is 1350. The number of methoxy groups -OCH3 is 1. The van der Waals surface area contributed by atoms with Crippen molar-refractivity contribution in [3.05, 3.63) is 43.0 Å². The molecule has 0 bridgehead atoms. The second-order valence-corrected chi connectivity index (χ2v) is 10.3. The van der Waals surface area contributed by atoms with Crippen LogP contribution in [0, 0.1) is 5.92 Å². The third-order valence-electron chi connectivity index (χ3n) is 6.36. The van der Waals surface area contributed by atoms with Gasteiger partial charge in [0.25, 0.3) is 0 Å². The summed E-state index contributed by atoms with van der Waals surface area (Å²) >= 11 is 1.50. The zero-order chi connectivity index (χ0) is 25.4. The van der Waals surface area contributed by atoms with Crippen LogP contribution in [0.2, 0.25) is 0 Å². The largest absolute Gasteiger partial charge is 1.00 e. The number of aliphatic hydroxyl groups excluding tert-OH is 2. The van der Waals surface area contributed by atoms with Gasteiger partial charge in [-0.25, -0.2) is 19.9 Å². The first-order chi connectivity index (χ1) is 17.2. The summed E-state index contributed by atoms with van der Waals surface area (Å²) in [5.74, 6) is 0.706. The smallest absolute Gasteiger partial charge is 0.229 e. The Labute approximate surface area is 223 Å². The molecular weight excluding hydrogens is 518 g/mol. The maximum absolute atomic E-state index is 10.8. The van der Waals surface area contributed by atoms with Gasteiger partial charge in [0.05, 0.1) is 35.1 Å². The van der Waals surface area contributed by atoms with Crippen LogP contribution in [0.25, 0.3) is 20.8 Å². The van der Waals surface area contributed by atoms with Crippen molar-refractivity contribution in [2.45, 2.75) is 44.1 Å². The van der Waals surface area contributed by atoms with Crippen molar-refractivity contribution in [3.63, 3.8) is 0 Å². The molecule has 1 fully saturated rings. The minimum absolute atomic E-state index is 0. The lowest BCUT2D eigenvalue weighted by atomic mass is 9.88. The predicted molar refractivity (Wildman–Crippen MR) is 135 cm³/mol. The van der Waals surface area contributed by atoms with Gasteiger partial charge < -0.3 is 43.1 Å². The first-order valence-electron chi connectivity index (χ1n) is 11.5. The normalized spacial score (nSPS) is 21.5. The highest BCUT2D eigenvalue weighted by molar-refractivity contribution is 7.21. The number of aromatic nitrogens is 5. The van der Waals surface area contributed by atoms with Gasteiger partial charge in [-0.3, -0.25) is 0 Å². The van der Waals surface area contributed by atoms with Crippen LogP contribution >= 0.6 is 11.3 Å². The van der Waals surface area contributed by atoms with E-state index in [1.165, 1.54) is 18.4 Å². The Kier molecular flexibility index (Phi) is 7.76. The Morgan fingerprint density at radius 1 is 1.16 bits per heavy atom. The van der Waals surface area contributed by atoms with Crippen LogP contribution < -0.4 is 32.8 Å². The van der Waals surface area contributed by atoms with Crippen LogP contribution in [0.4, 0.5) is 17.5 Å². The molecule has 6 N–H and O–H groups in total. The molecule has 4 aromatic heterocycles. The number of hydrogen-bond donors (Lipinski definition) is 5. The summed E-state index contributed by atoms with van der Waals surface area (Å²) in [7, 11) is 1.54. The molecule has 1 aliphatic carbocycles. The number of hydrogen-bond acceptors (Lipinski definition) is 11. The fourth-order valence-electron chi connectivity index (χ4n) is 4.42. The molecule has 0 unspecified atom stereocenters. The predicted octanol–water partition coefficient (Wildman–Crippen LogP) is -0.988. The van der Waals surface area contributed by atoms with Gasteiger partial charge in [0.2, 0.25) is 11.8 Å². The van der Waals surface area contributed by atoms with Crippen LogP contribution in [0.5, 0.6) is 5.88 Å². The molecule has 196 valence electrons. The summed E-state index contributed by atoms with van der Waals surface area (Å²) < 4.78 is 6.18. The van der Waals surface area contributed by atoms with Gasteiger partial charge in [0, 0.05) is 36.1 Å². The van der Waals surface area contributed by atoms with Crippen molar-refractivity contribution in [3.8, 4) is 16.5 Å². The summed E-state index contributed by atoms with van der Waals surface area (Å²) in [6.07, 6.45) is 5.13. The molecule has 0 aromatic carbocycles. The molecule has 11 nitrogen and oxygen atoms in total. The lowest BCUT2D eigenvalue weighted by molar-refractivity contribution is -0.376. The average Bonchev–Trinajstić information content (AvgIpc) is 3.41. The maximum Gasteiger partial charge on any atom is 0.229 e. The highest BCUT2D eigenvalue weighted by atomic mass is 35.5. The summed E-state index contributed by atoms with van der Waals surface area (Å²) in [4.78, 5) is 21.0. The number of nitrogens with zero attached hydrogens (tertiary/aromatic N) is 4. The molecule has 13 heteroatoms. The lowest BCUT2D eigenvalue weighted by Crippen LogP contribution is -3.00. The number of fused-ring (bicyclic) bond motifs is 1. The van der Waals surface area contributed by atoms with Crippen LogP contribution in [-0.4, -0.2) is 66.2 Å². The fraction of sp³-hybridized carbons (Fsp3) is 0.375. The molecule has 0 spiro atoms. The standard InChI is InChI=1S/C24H27N7O4S.ClH/c1-24(2,34)14-9-15(20(33)19(14)32)29-21-13(22-30-16-11-25-6-5-17(16)36-22)10-27-23(31-21)28-12-4-7-26-18(8-12)35-3;/h4-8,10-11,14-15,19-20,32-34H,9H2,1-3H3,(H2,26,27,28,29,31);1H/t14-,15+,19+,20-;/m0./s1. The van der Waals surface area contributed by atoms with Gasteiger partial charge in [-0.2, -0.15) is 4.98 Å². The number of thiazole rings is 1. The topological polar surface area (TPSA) is 160 Å². The van der Waals surface area contributed by atoms with Crippen molar-refractivity contribution in [1.29, 1.82) is 0 Å². The van der Waals surface area contributed by atoms with Gasteiger partial charge in [0.1, 0.15) is 22.4 Å². The molecule has 5 rings (SSSR count). The molecule has 0 aliphatic heterocycles. The SMILES string of the molecule is COc1cc(Nc2ncc(-c3nc4c[nH+]ccc4s3)c(N[C@@H]3C[C@H](C(C)(C)O)[C@@H](O)[C@H]3O)n2)ccn1.[Cl-]. The molecule has 1 saturated carbocycles. The number of ether oxygens (including phenoxy) is 1. The van der Waals surface area contributed by atoms with Crippen LogP contribution in [0.1, 0.15) is 20.3 Å². The molecule has 0 saturated heterocycles. The van der Waals surface area contributed by atoms with E-state index in [0.29, 0.717) is 40.3 Å². The zero-order valence-electron chi connectivity index (χ0n) is 20.4. The minimum atomic E-state index is -1.15. The third kappa shape index (κ3) is 5.58. The minimum Gasteiger partial charge on any atom is -1.00 e. The van der Waals surface area contributed by atoms with E-state index in [-0.39, 0.29) is 12.4 Å². The van der Waals surface area contributed by atoms with Gasteiger partial charge in [-0.15, -0.1) is 11.3 Å². The Morgan fingerprint density at radius 3 is 2.68 bits per heavy atom. The number of halogens is 1. The zero-order valence-corrected chi connectivity index (χ0v) is 22.0. The number of nitrogens with one attached hydrogen (secondary N) is 3. The van der Waals surface area contributed by atoms with Crippen molar-refractivity contribution < 1.29 is 37.4 Å². The molecule has 4 atom stereocenters. The second-order valence-electron chi connectivity index (χ2n) is 9.31. The molecule has 0 radical (unpaired) electrons. The Balaban J connectivity index is 0.00000320. The van der Waals surface area contributed by atoms with E-state index in [0.717, 1.165) is 10.2 Å². The summed E-state index contributed by atoms with van der Waals surface area (Å²) in [5.41, 5.74) is 1.01. The molecular formula is C24H28ClN7O4S. The number of H-pyrrole nitrogens is 1. The number of pyridine rings is 2. The molecule has 37 heavy (non-hydrogen) atoms. The first kappa shape index (κ1) is 26.9. The van der Waals surface area contributed by atoms with Gasteiger partial charge in [0.15, 0.2) is 12.4 Å². The van der Waals surface area contributed by atoms with Crippen LogP contribution in [0.3, 0.4) is 0 Å². The van der Waals surface area contributed by atoms with Crippen molar-refractivity contribution in [2.24, 2.45) is 5.92 Å². The average molecular weight is 546 g/mol. The third-order valence-corrected chi connectivity index (χ3v) is 7.43. The number of aliphatic hydroxyl groups is 3. The number of anilines is 3. The van der Waals surface area contributed by atoms with E-state index in [1.807, 2.05) is 18.5 Å². The van der Waals surface area contributed by atoms with E-state index in [9.17, 15) is 15.3 Å². The fourth-order valence-corrected chi connectivity index (χ4v) is 5.38. The maximum atomic E-state index is 10.8. The van der Waals surface area contributed by atoms with Crippen molar-refractivity contribution >= 4 is 39.0 Å². The van der Waals surface area contributed by atoms with Gasteiger partial charge in [-0.1, -0.05) is 0 Å². The monoisotopic (exact) mass is 545 g/mol. The first-order valence-corrected chi connectivity index (χ1v) is 12.3. The summed E-state index contributed by atoms with van der Waals surface area (Å²) in [6.45, 7) is 3.27. The van der Waals surface area contributed by atoms with E-state index in [2.05, 4.69) is 30.6 Å². The van der Waals surface area contributed by atoms with Crippen molar-refractivity contribution in [2.75, 3.05) is 17.7 Å². The number of rotatable bonds is 7. The highest BCUT2D eigenvalue weighted by Crippen LogP contribution is 2.39. The van der Waals surface area contributed by atoms with E-state index >= 15 is 0 Å². The highest BCUT2D eigenvalue weighted by Gasteiger charge is 2.47. The van der Waals surface area contributed by atoms with Crippen molar-refractivity contribution in [1.82, 2.24) is 19.9 Å². The second kappa shape index (κ2) is 10.7. The molecule has 1 aliphatic rings. The molecule has 4 heterocycles. The summed E-state index contributed by atoms with van der Waals surface area (Å²) in [5, 5.41) is 39.0. The lowest BCUT2D eigenvalue weighted by Gasteiger charge is -2.28. The molecule has 0 amide bonds. The van der Waals surface area contributed by atoms with Crippen LogP contribution in [0.15, 0.2) is 43.0 Å². The Hall–Kier alpha value is -3.16. The van der Waals surface area contributed by atoms with E-state index in [1.54, 1.807) is 38.4 Å². The van der Waals surface area contributed by atoms with E-state index in [4.69, 9.17) is 9.72 Å². The quantitative estimate of drug-likeness (QED) is 0.195. The van der Waals surface area contributed by atoms with Gasteiger partial charge >= 0.3 is 0 Å². The number of aromatic amines is 1. The van der Waals surface area contributed by atoms with Gasteiger partial charge in [-0.05, 0) is 26.3 Å². The molecule has 4 aromatic rings. The summed E-state index contributed by atoms with van der Waals surface area (Å²) in [6, 6.07) is 4.89. The van der Waals surface area contributed by atoms with Crippen LogP contribution in [-0.2, 0) is 0 Å². The Morgan fingerprint density at radius 2 is 1.97 bits per heavy atom.